The lowest BCUT2D eigenvalue weighted by Gasteiger charge is -1.85. The number of benzene rings is 1. The Hall–Kier alpha value is -1.07. The molecule has 0 saturated carbocycles. The summed E-state index contributed by atoms with van der Waals surface area (Å²) in [7, 11) is 0. The van der Waals surface area contributed by atoms with Crippen molar-refractivity contribution in [2.45, 2.75) is 0 Å². The highest BCUT2D eigenvalue weighted by Gasteiger charge is 1.98. The number of nitro benzene ring substituents is 1. The van der Waals surface area contributed by atoms with Crippen LogP contribution in [0.25, 0.3) is 0 Å². The maximum atomic E-state index is 10.0. The summed E-state index contributed by atoms with van der Waals surface area (Å²) >= 11 is 3.67. The van der Waals surface area contributed by atoms with E-state index in [4.69, 9.17) is 5.11 Å². The molecule has 0 radical (unpaired) electrons. The average molecular weight is 201 g/mol. The summed E-state index contributed by atoms with van der Waals surface area (Å²) in [5, 5.41) is 17.8. The Labute approximate surface area is 81.8 Å². The normalized spacial score (nSPS) is 8.46. The molecule has 0 aliphatic rings. The van der Waals surface area contributed by atoms with Crippen LogP contribution < -0.4 is 0 Å². The molecule has 72 valence electrons. The van der Waals surface area contributed by atoms with Crippen LogP contribution in [0.1, 0.15) is 0 Å². The Morgan fingerprint density at radius 2 is 1.85 bits per heavy atom. The van der Waals surface area contributed by atoms with E-state index in [0.717, 1.165) is 0 Å². The minimum atomic E-state index is -0.417. The number of hydrogen-bond donors (Lipinski definition) is 2. The highest BCUT2D eigenvalue weighted by molar-refractivity contribution is 7.80. The van der Waals surface area contributed by atoms with Crippen LogP contribution in [0.3, 0.4) is 0 Å². The van der Waals surface area contributed by atoms with Gasteiger partial charge in [-0.05, 0) is 0 Å². The first-order valence-electron chi connectivity index (χ1n) is 3.63. The molecule has 0 amide bonds. The Bertz CT molecular complexity index is 238. The van der Waals surface area contributed by atoms with Crippen LogP contribution in [0.5, 0.6) is 0 Å². The van der Waals surface area contributed by atoms with Gasteiger partial charge in [0.25, 0.3) is 5.69 Å². The van der Waals surface area contributed by atoms with Gasteiger partial charge in [0.15, 0.2) is 0 Å². The quantitative estimate of drug-likeness (QED) is 0.433. The SMILES string of the molecule is O=[N+]([O-])c1ccccc1.OCCS. The number of aliphatic hydroxyl groups excluding tert-OH is 1. The Kier molecular flexibility index (Phi) is 6.95. The van der Waals surface area contributed by atoms with Crippen molar-refractivity contribution >= 4 is 18.3 Å². The van der Waals surface area contributed by atoms with Gasteiger partial charge in [0, 0.05) is 17.9 Å². The topological polar surface area (TPSA) is 63.4 Å². The van der Waals surface area contributed by atoms with Gasteiger partial charge in [0.2, 0.25) is 0 Å². The first-order valence-corrected chi connectivity index (χ1v) is 4.26. The van der Waals surface area contributed by atoms with E-state index >= 15 is 0 Å². The van der Waals surface area contributed by atoms with Gasteiger partial charge in [-0.3, -0.25) is 10.1 Å². The minimum Gasteiger partial charge on any atom is -0.396 e. The van der Waals surface area contributed by atoms with Crippen LogP contribution >= 0.6 is 12.6 Å². The van der Waals surface area contributed by atoms with Crippen molar-refractivity contribution in [3.63, 3.8) is 0 Å². The number of para-hydroxylation sites is 1. The molecule has 0 unspecified atom stereocenters. The zero-order chi connectivity index (χ0) is 10.1. The molecular weight excluding hydrogens is 190 g/mol. The summed E-state index contributed by atoms with van der Waals surface area (Å²) < 4.78 is 0. The van der Waals surface area contributed by atoms with Crippen molar-refractivity contribution < 1.29 is 10.0 Å². The van der Waals surface area contributed by atoms with Gasteiger partial charge >= 0.3 is 0 Å². The van der Waals surface area contributed by atoms with E-state index in [1.54, 1.807) is 18.2 Å². The number of aliphatic hydroxyl groups is 1. The zero-order valence-electron chi connectivity index (χ0n) is 6.96. The third-order valence-corrected chi connectivity index (χ3v) is 1.27. The monoisotopic (exact) mass is 201 g/mol. The largest absolute Gasteiger partial charge is 0.396 e. The van der Waals surface area contributed by atoms with E-state index in [0.29, 0.717) is 5.75 Å². The van der Waals surface area contributed by atoms with Crippen molar-refractivity contribution in [2.24, 2.45) is 0 Å². The summed E-state index contributed by atoms with van der Waals surface area (Å²) in [4.78, 5) is 9.59. The van der Waals surface area contributed by atoms with Crippen LogP contribution in [0, 0.1) is 10.1 Å². The van der Waals surface area contributed by atoms with E-state index in [1.165, 1.54) is 12.1 Å². The lowest BCUT2D eigenvalue weighted by atomic mass is 10.3. The molecule has 0 aliphatic carbocycles. The summed E-state index contributed by atoms with van der Waals surface area (Å²) in [6.07, 6.45) is 0. The first-order chi connectivity index (χ1) is 6.22. The molecule has 0 aliphatic heterocycles. The summed E-state index contributed by atoms with van der Waals surface area (Å²) in [6.45, 7) is 0.184. The smallest absolute Gasteiger partial charge is 0.269 e. The van der Waals surface area contributed by atoms with E-state index in [2.05, 4.69) is 12.6 Å². The molecule has 1 rings (SSSR count). The molecule has 0 aromatic heterocycles. The minimum absolute atomic E-state index is 0.137. The predicted molar refractivity (Wildman–Crippen MR) is 54.0 cm³/mol. The molecule has 1 aromatic carbocycles. The molecule has 0 saturated heterocycles. The Balaban J connectivity index is 0.000000310. The van der Waals surface area contributed by atoms with E-state index < -0.39 is 4.92 Å². The van der Waals surface area contributed by atoms with Crippen molar-refractivity contribution in [1.82, 2.24) is 0 Å². The van der Waals surface area contributed by atoms with Gasteiger partial charge in [-0.25, -0.2) is 0 Å². The molecule has 13 heavy (non-hydrogen) atoms. The number of non-ortho nitro benzene ring substituents is 1. The van der Waals surface area contributed by atoms with E-state index in [-0.39, 0.29) is 12.3 Å². The van der Waals surface area contributed by atoms with E-state index in [9.17, 15) is 10.1 Å². The maximum Gasteiger partial charge on any atom is 0.269 e. The number of thiol groups is 1. The first kappa shape index (κ1) is 11.9. The second-order valence-corrected chi connectivity index (χ2v) is 2.49. The van der Waals surface area contributed by atoms with Gasteiger partial charge in [-0.15, -0.1) is 0 Å². The molecule has 0 fully saturated rings. The van der Waals surface area contributed by atoms with Crippen molar-refractivity contribution in [3.05, 3.63) is 40.4 Å². The van der Waals surface area contributed by atoms with Crippen molar-refractivity contribution in [3.8, 4) is 0 Å². The third-order valence-electron chi connectivity index (χ3n) is 1.07. The molecule has 1 N–H and O–H groups in total. The molecule has 1 aromatic rings. The van der Waals surface area contributed by atoms with Crippen LogP contribution in [-0.4, -0.2) is 22.4 Å². The van der Waals surface area contributed by atoms with Crippen LogP contribution in [0.4, 0.5) is 5.69 Å². The molecule has 0 atom stereocenters. The molecule has 4 nitrogen and oxygen atoms in total. The number of nitro groups is 1. The van der Waals surface area contributed by atoms with Crippen LogP contribution in [0.2, 0.25) is 0 Å². The molecule has 0 bridgehead atoms. The van der Waals surface area contributed by atoms with Gasteiger partial charge < -0.3 is 5.11 Å². The lowest BCUT2D eigenvalue weighted by Crippen LogP contribution is -1.84. The number of hydrogen-bond acceptors (Lipinski definition) is 4. The van der Waals surface area contributed by atoms with Crippen molar-refractivity contribution in [1.29, 1.82) is 0 Å². The van der Waals surface area contributed by atoms with E-state index in [1.807, 2.05) is 0 Å². The van der Waals surface area contributed by atoms with Gasteiger partial charge in [-0.2, -0.15) is 12.6 Å². The fourth-order valence-corrected chi connectivity index (χ4v) is 0.550. The Morgan fingerprint density at radius 3 is 2.08 bits per heavy atom. The highest BCUT2D eigenvalue weighted by atomic mass is 32.1. The third kappa shape index (κ3) is 6.12. The van der Waals surface area contributed by atoms with Crippen LogP contribution in [0.15, 0.2) is 30.3 Å². The second kappa shape index (κ2) is 7.57. The Morgan fingerprint density at radius 1 is 1.38 bits per heavy atom. The maximum absolute atomic E-state index is 10.0. The molecule has 0 heterocycles. The average Bonchev–Trinajstić information content (AvgIpc) is 2.19. The van der Waals surface area contributed by atoms with Crippen molar-refractivity contribution in [2.75, 3.05) is 12.4 Å². The second-order valence-electron chi connectivity index (χ2n) is 2.04. The fraction of sp³-hybridized carbons (Fsp3) is 0.250. The van der Waals surface area contributed by atoms with Gasteiger partial charge in [0.1, 0.15) is 0 Å². The molecular formula is C8H11NO3S. The predicted octanol–water partition coefficient (Wildman–Crippen LogP) is 1.50. The number of rotatable bonds is 2. The summed E-state index contributed by atoms with van der Waals surface area (Å²) in [5.41, 5.74) is 0.137. The summed E-state index contributed by atoms with van der Waals surface area (Å²) in [6, 6.07) is 7.93. The number of nitrogens with zero attached hydrogens (tertiary/aromatic N) is 1. The zero-order valence-corrected chi connectivity index (χ0v) is 7.85. The molecule has 5 heteroatoms. The summed E-state index contributed by atoms with van der Waals surface area (Å²) in [5.74, 6) is 0.569. The molecule has 0 spiro atoms. The fourth-order valence-electron chi connectivity index (χ4n) is 0.550. The van der Waals surface area contributed by atoms with Gasteiger partial charge in [0.05, 0.1) is 11.5 Å². The lowest BCUT2D eigenvalue weighted by molar-refractivity contribution is -0.384. The highest BCUT2D eigenvalue weighted by Crippen LogP contribution is 2.06. The van der Waals surface area contributed by atoms with Crippen LogP contribution in [-0.2, 0) is 0 Å². The van der Waals surface area contributed by atoms with Gasteiger partial charge in [-0.1, -0.05) is 18.2 Å². The standard InChI is InChI=1S/C6H5NO2.C2H6OS/c8-7(9)6-4-2-1-3-5-6;3-1-2-4/h1-5H;3-4H,1-2H2.